The lowest BCUT2D eigenvalue weighted by Crippen LogP contribution is -2.07. The molecule has 0 aliphatic carbocycles. The monoisotopic (exact) mass is 404 g/mol. The molecule has 0 aromatic heterocycles. The Morgan fingerprint density at radius 1 is 1.08 bits per heavy atom. The molecule has 0 amide bonds. The van der Waals surface area contributed by atoms with Crippen molar-refractivity contribution in [3.05, 3.63) is 61.1 Å². The molecule has 0 aliphatic heterocycles. The molecule has 0 saturated heterocycles. The lowest BCUT2D eigenvalue weighted by molar-refractivity contribution is -0.385. The second-order valence-corrected chi connectivity index (χ2v) is 7.39. The van der Waals surface area contributed by atoms with Gasteiger partial charge in [-0.05, 0) is 24.6 Å². The molecular formula is C14H11Cl2N2O6P. The van der Waals surface area contributed by atoms with E-state index in [0.717, 1.165) is 6.07 Å². The number of nitro groups is 2. The average Bonchev–Trinajstić information content (AvgIpc) is 2.55. The minimum atomic E-state index is -2.91. The minimum Gasteiger partial charge on any atom is -0.450 e. The molecule has 0 fully saturated rings. The predicted octanol–water partition coefficient (Wildman–Crippen LogP) is 4.85. The molecule has 0 radical (unpaired) electrons. The molecule has 11 heteroatoms. The summed E-state index contributed by atoms with van der Waals surface area (Å²) in [5.41, 5.74) is -0.332. The van der Waals surface area contributed by atoms with E-state index in [-0.39, 0.29) is 33.2 Å². The lowest BCUT2D eigenvalue weighted by atomic mass is 10.1. The average molecular weight is 405 g/mol. The van der Waals surface area contributed by atoms with Crippen LogP contribution in [0.4, 0.5) is 11.4 Å². The molecule has 132 valence electrons. The molecule has 2 rings (SSSR count). The fourth-order valence-corrected chi connectivity index (χ4v) is 3.36. The molecular weight excluding hydrogens is 394 g/mol. The summed E-state index contributed by atoms with van der Waals surface area (Å²) in [6, 6.07) is 6.23. The van der Waals surface area contributed by atoms with Crippen LogP contribution >= 0.6 is 30.0 Å². The number of nitro benzene ring substituents is 2. The van der Waals surface area contributed by atoms with Crippen LogP contribution in [0.25, 0.3) is 0 Å². The summed E-state index contributed by atoms with van der Waals surface area (Å²) < 4.78 is 17.2. The Kier molecular flexibility index (Phi) is 6.00. The van der Waals surface area contributed by atoms with Gasteiger partial charge in [-0.3, -0.25) is 20.2 Å². The van der Waals surface area contributed by atoms with Crippen LogP contribution < -0.4 is 10.0 Å². The Morgan fingerprint density at radius 3 is 2.24 bits per heavy atom. The highest BCUT2D eigenvalue weighted by Gasteiger charge is 2.23. The van der Waals surface area contributed by atoms with Gasteiger partial charge in [0.25, 0.3) is 5.69 Å². The van der Waals surface area contributed by atoms with Crippen LogP contribution in [0.5, 0.6) is 11.5 Å². The van der Waals surface area contributed by atoms with E-state index in [0.29, 0.717) is 12.0 Å². The molecule has 2 aromatic rings. The normalized spacial score (nSPS) is 11.8. The van der Waals surface area contributed by atoms with Gasteiger partial charge in [-0.1, -0.05) is 29.8 Å². The highest BCUT2D eigenvalue weighted by atomic mass is 35.7. The number of benzene rings is 2. The fraction of sp³-hybridized carbons (Fsp3) is 0.143. The van der Waals surface area contributed by atoms with Crippen molar-refractivity contribution in [1.29, 1.82) is 0 Å². The summed E-state index contributed by atoms with van der Waals surface area (Å²) in [7, 11) is -2.91. The van der Waals surface area contributed by atoms with Crippen molar-refractivity contribution >= 4 is 46.7 Å². The van der Waals surface area contributed by atoms with Gasteiger partial charge >= 0.3 is 5.69 Å². The van der Waals surface area contributed by atoms with Crippen molar-refractivity contribution in [2.45, 2.75) is 13.3 Å². The molecule has 0 aliphatic rings. The summed E-state index contributed by atoms with van der Waals surface area (Å²) in [6.07, 6.45) is 0.348. The largest absolute Gasteiger partial charge is 0.450 e. The maximum atomic E-state index is 11.7. The van der Waals surface area contributed by atoms with Gasteiger partial charge < -0.3 is 9.30 Å². The second-order valence-electron chi connectivity index (χ2n) is 4.83. The van der Waals surface area contributed by atoms with E-state index >= 15 is 0 Å². The van der Waals surface area contributed by atoms with Gasteiger partial charge in [-0.2, -0.15) is 0 Å². The summed E-state index contributed by atoms with van der Waals surface area (Å²) in [5.74, 6) is 0.00525. The van der Waals surface area contributed by atoms with Crippen LogP contribution in [0.2, 0.25) is 5.02 Å². The van der Waals surface area contributed by atoms with E-state index in [2.05, 4.69) is 0 Å². The Bertz CT molecular complexity index is 890. The quantitative estimate of drug-likeness (QED) is 0.386. The Hall–Kier alpha value is -2.15. The van der Waals surface area contributed by atoms with Crippen LogP contribution in [0.1, 0.15) is 12.5 Å². The molecule has 0 N–H and O–H groups in total. The number of halogens is 2. The third-order valence-corrected chi connectivity index (χ3v) is 4.98. The highest BCUT2D eigenvalue weighted by Crippen LogP contribution is 2.39. The fourth-order valence-electron chi connectivity index (χ4n) is 2.13. The predicted molar refractivity (Wildman–Crippen MR) is 95.1 cm³/mol. The standard InChI is InChI=1S/C14H11Cl2N2O6P/c1-2-8-5-11(18(21)22)14(25(16)23)7-13(8)24-12-4-3-9(15)6-10(12)17(19)20/h3-7,25H,2H2,1H3. The molecule has 1 atom stereocenters. The van der Waals surface area contributed by atoms with Crippen molar-refractivity contribution in [2.75, 3.05) is 0 Å². The van der Waals surface area contributed by atoms with Crippen molar-refractivity contribution in [1.82, 2.24) is 0 Å². The molecule has 0 spiro atoms. The third kappa shape index (κ3) is 4.28. The van der Waals surface area contributed by atoms with Gasteiger partial charge in [0.2, 0.25) is 5.75 Å². The van der Waals surface area contributed by atoms with Gasteiger partial charge in [0.05, 0.1) is 9.85 Å². The van der Waals surface area contributed by atoms with Gasteiger partial charge in [-0.15, -0.1) is 0 Å². The van der Waals surface area contributed by atoms with Gasteiger partial charge in [0.1, 0.15) is 11.1 Å². The highest BCUT2D eigenvalue weighted by molar-refractivity contribution is 7.80. The molecule has 8 nitrogen and oxygen atoms in total. The van der Waals surface area contributed by atoms with E-state index in [9.17, 15) is 24.8 Å². The Labute approximate surface area is 152 Å². The van der Waals surface area contributed by atoms with E-state index in [1.165, 1.54) is 24.3 Å². The SMILES string of the molecule is CCc1cc([N+](=O)[O-])c([PH](=O)Cl)cc1Oc1ccc(Cl)cc1[N+](=O)[O-]. The number of aryl methyl sites for hydroxylation is 1. The first kappa shape index (κ1) is 19.2. The third-order valence-electron chi connectivity index (χ3n) is 3.31. The van der Waals surface area contributed by atoms with Crippen LogP contribution in [0.15, 0.2) is 30.3 Å². The van der Waals surface area contributed by atoms with E-state index < -0.39 is 17.0 Å². The number of rotatable bonds is 6. The smallest absolute Gasteiger partial charge is 0.313 e. The van der Waals surface area contributed by atoms with Gasteiger partial charge in [0, 0.05) is 22.7 Å². The Balaban J connectivity index is 2.60. The molecule has 0 bridgehead atoms. The number of hydrogen-bond donors (Lipinski definition) is 0. The lowest BCUT2D eigenvalue weighted by Gasteiger charge is -2.12. The maximum absolute atomic E-state index is 11.7. The van der Waals surface area contributed by atoms with Crippen molar-refractivity contribution in [2.24, 2.45) is 0 Å². The van der Waals surface area contributed by atoms with Crippen molar-refractivity contribution in [3.63, 3.8) is 0 Å². The zero-order valence-electron chi connectivity index (χ0n) is 12.7. The van der Waals surface area contributed by atoms with Crippen LogP contribution in [0, 0.1) is 20.2 Å². The summed E-state index contributed by atoms with van der Waals surface area (Å²) in [4.78, 5) is 20.9. The van der Waals surface area contributed by atoms with E-state index in [4.69, 9.17) is 27.6 Å². The topological polar surface area (TPSA) is 113 Å². The van der Waals surface area contributed by atoms with Crippen LogP contribution in [0.3, 0.4) is 0 Å². The van der Waals surface area contributed by atoms with Gasteiger partial charge in [-0.25, -0.2) is 0 Å². The molecule has 0 heterocycles. The maximum Gasteiger partial charge on any atom is 0.313 e. The van der Waals surface area contributed by atoms with Crippen LogP contribution in [-0.2, 0) is 11.0 Å². The molecule has 25 heavy (non-hydrogen) atoms. The first-order valence-corrected chi connectivity index (χ1v) is 9.67. The van der Waals surface area contributed by atoms with Gasteiger partial charge in [0.15, 0.2) is 7.15 Å². The molecule has 2 aromatic carbocycles. The summed E-state index contributed by atoms with van der Waals surface area (Å²) >= 11 is 11.3. The number of nitrogens with zero attached hydrogens (tertiary/aromatic N) is 2. The van der Waals surface area contributed by atoms with E-state index in [1.807, 2.05) is 0 Å². The first-order valence-electron chi connectivity index (χ1n) is 6.87. The second kappa shape index (κ2) is 7.82. The summed E-state index contributed by atoms with van der Waals surface area (Å²) in [6.45, 7) is 1.73. The first-order chi connectivity index (χ1) is 11.7. The zero-order valence-corrected chi connectivity index (χ0v) is 15.2. The van der Waals surface area contributed by atoms with Crippen molar-refractivity contribution in [3.8, 4) is 11.5 Å². The number of ether oxygens (including phenoxy) is 1. The summed E-state index contributed by atoms with van der Waals surface area (Å²) in [5, 5.41) is 22.3. The zero-order chi connectivity index (χ0) is 18.7. The van der Waals surface area contributed by atoms with E-state index in [1.54, 1.807) is 6.92 Å². The molecule has 1 unspecified atom stereocenters. The Morgan fingerprint density at radius 2 is 1.72 bits per heavy atom. The van der Waals surface area contributed by atoms with Crippen molar-refractivity contribution < 1.29 is 19.1 Å². The molecule has 0 saturated carbocycles. The minimum absolute atomic E-state index is 0.0989. The number of hydrogen-bond acceptors (Lipinski definition) is 6. The van der Waals surface area contributed by atoms with Crippen LogP contribution in [-0.4, -0.2) is 9.85 Å².